The number of likely N-dealkylation sites (tertiary alicyclic amines) is 1. The number of urea groups is 1. The number of rotatable bonds is 5. The van der Waals surface area contributed by atoms with E-state index in [0.29, 0.717) is 27.7 Å². The summed E-state index contributed by atoms with van der Waals surface area (Å²) >= 11 is 13.7. The fraction of sp³-hybridized carbons (Fsp3) is 0.643. The second-order valence-corrected chi connectivity index (χ2v) is 13.3. The Labute approximate surface area is 240 Å². The molecule has 1 aromatic carbocycles. The molecule has 2 N–H and O–H groups in total. The van der Waals surface area contributed by atoms with Crippen molar-refractivity contribution in [3.05, 3.63) is 43.8 Å². The third-order valence-corrected chi connectivity index (χ3v) is 10.5. The zero-order valence-electron chi connectivity index (χ0n) is 22.4. The number of nitrogens with zero attached hydrogens (tertiary/aromatic N) is 4. The van der Waals surface area contributed by atoms with Crippen molar-refractivity contribution < 1.29 is 9.90 Å². The molecule has 3 fully saturated rings. The number of halogens is 2. The lowest BCUT2D eigenvalue weighted by molar-refractivity contribution is -0.0301. The lowest BCUT2D eigenvalue weighted by Gasteiger charge is -2.45. The Bertz CT molecular complexity index is 1130. The third-order valence-electron chi connectivity index (χ3n) is 8.52. The van der Waals surface area contributed by atoms with E-state index >= 15 is 0 Å². The summed E-state index contributed by atoms with van der Waals surface area (Å²) in [4.78, 5) is 25.4. The van der Waals surface area contributed by atoms with Crippen LogP contribution in [0.2, 0.25) is 10.0 Å². The first-order valence-corrected chi connectivity index (χ1v) is 15.4. The van der Waals surface area contributed by atoms with Gasteiger partial charge in [0.2, 0.25) is 0 Å². The van der Waals surface area contributed by atoms with Gasteiger partial charge in [-0.25, -0.2) is 9.78 Å². The first-order chi connectivity index (χ1) is 18.2. The van der Waals surface area contributed by atoms with Crippen LogP contribution in [0.1, 0.15) is 54.1 Å². The smallest absolute Gasteiger partial charge is 0.321 e. The molecule has 3 heterocycles. The summed E-state index contributed by atoms with van der Waals surface area (Å²) in [5.74, 6) is 0.660. The standard InChI is InChI=1S/C28H39Cl2N5O2S/c1-19-26(38-20(2)31-19)28(37)9-7-23(8-10-28)35-11-3-4-21(18-35)17-33-12-14-34(15-13-33)27(36)32-22-5-6-24(29)25(30)16-22/h5-6,16,21,23,37H,3-4,7-15,17-18H2,1-2H3,(H,32,36)/t21-,23?,28?/m0/s1. The molecule has 1 aliphatic carbocycles. The number of hydrogen-bond donors (Lipinski definition) is 2. The highest BCUT2D eigenvalue weighted by Crippen LogP contribution is 2.42. The third kappa shape index (κ3) is 6.48. The minimum atomic E-state index is -0.701. The molecule has 0 unspecified atom stereocenters. The van der Waals surface area contributed by atoms with E-state index in [4.69, 9.17) is 23.2 Å². The predicted molar refractivity (Wildman–Crippen MR) is 156 cm³/mol. The summed E-state index contributed by atoms with van der Waals surface area (Å²) in [7, 11) is 0. The van der Waals surface area contributed by atoms with Gasteiger partial charge in [-0.3, -0.25) is 4.90 Å². The van der Waals surface area contributed by atoms with Crippen molar-refractivity contribution >= 4 is 46.3 Å². The molecule has 208 valence electrons. The van der Waals surface area contributed by atoms with E-state index in [9.17, 15) is 9.90 Å². The highest BCUT2D eigenvalue weighted by atomic mass is 35.5. The topological polar surface area (TPSA) is 71.9 Å². The second kappa shape index (κ2) is 12.0. The number of piperazine rings is 1. The van der Waals surface area contributed by atoms with Crippen LogP contribution >= 0.6 is 34.5 Å². The number of aryl methyl sites for hydroxylation is 2. The number of piperidine rings is 1. The van der Waals surface area contributed by atoms with Crippen molar-refractivity contribution in [2.24, 2.45) is 5.92 Å². The highest BCUT2D eigenvalue weighted by molar-refractivity contribution is 7.11. The minimum Gasteiger partial charge on any atom is -0.384 e. The fourth-order valence-corrected chi connectivity index (χ4v) is 7.85. The molecule has 5 rings (SSSR count). The minimum absolute atomic E-state index is 0.0900. The zero-order valence-corrected chi connectivity index (χ0v) is 24.7. The number of aromatic nitrogens is 1. The van der Waals surface area contributed by atoms with Crippen LogP contribution in [0.5, 0.6) is 0 Å². The van der Waals surface area contributed by atoms with Crippen molar-refractivity contribution in [2.45, 2.75) is 64.0 Å². The molecule has 10 heteroatoms. The SMILES string of the molecule is Cc1nc(C)c(C2(O)CCC(N3CCC[C@@H](CN4CCN(C(=O)Nc5ccc(Cl)c(Cl)c5)CC4)C3)CC2)s1. The molecular weight excluding hydrogens is 541 g/mol. The molecular formula is C28H39Cl2N5O2S. The van der Waals surface area contributed by atoms with E-state index in [1.807, 2.05) is 18.7 Å². The number of carbonyl (C=O) groups excluding carboxylic acids is 1. The molecule has 2 saturated heterocycles. The molecule has 2 amide bonds. The lowest BCUT2D eigenvalue weighted by Crippen LogP contribution is -2.53. The van der Waals surface area contributed by atoms with Crippen molar-refractivity contribution in [3.8, 4) is 0 Å². The number of thiazole rings is 1. The first-order valence-electron chi connectivity index (χ1n) is 13.8. The van der Waals surface area contributed by atoms with E-state index in [0.717, 1.165) is 80.5 Å². The molecule has 1 saturated carbocycles. The molecule has 7 nitrogen and oxygen atoms in total. The van der Waals surface area contributed by atoms with Gasteiger partial charge in [0.15, 0.2) is 0 Å². The monoisotopic (exact) mass is 579 g/mol. The van der Waals surface area contributed by atoms with Crippen LogP contribution in [-0.4, -0.2) is 82.7 Å². The van der Waals surface area contributed by atoms with Gasteiger partial charge in [0.05, 0.1) is 25.6 Å². The van der Waals surface area contributed by atoms with Gasteiger partial charge in [0.25, 0.3) is 0 Å². The number of hydrogen-bond acceptors (Lipinski definition) is 6. The first kappa shape index (κ1) is 28.1. The molecule has 1 atom stereocenters. The number of benzene rings is 1. The van der Waals surface area contributed by atoms with Gasteiger partial charge in [-0.15, -0.1) is 11.3 Å². The van der Waals surface area contributed by atoms with Crippen LogP contribution in [0, 0.1) is 19.8 Å². The molecule has 0 spiro atoms. The normalized spacial score (nSPS) is 27.4. The second-order valence-electron chi connectivity index (χ2n) is 11.3. The number of aliphatic hydroxyl groups is 1. The van der Waals surface area contributed by atoms with Gasteiger partial charge < -0.3 is 20.2 Å². The summed E-state index contributed by atoms with van der Waals surface area (Å²) < 4.78 is 0. The van der Waals surface area contributed by atoms with E-state index < -0.39 is 5.60 Å². The molecule has 2 aliphatic heterocycles. The van der Waals surface area contributed by atoms with Gasteiger partial charge in [-0.1, -0.05) is 23.2 Å². The summed E-state index contributed by atoms with van der Waals surface area (Å²) in [6, 6.07) is 5.62. The Kier molecular flexibility index (Phi) is 8.87. The molecule has 38 heavy (non-hydrogen) atoms. The summed E-state index contributed by atoms with van der Waals surface area (Å²) in [5.41, 5.74) is 0.957. The van der Waals surface area contributed by atoms with E-state index in [-0.39, 0.29) is 6.03 Å². The Balaban J connectivity index is 1.07. The maximum Gasteiger partial charge on any atom is 0.321 e. The van der Waals surface area contributed by atoms with Gasteiger partial charge >= 0.3 is 6.03 Å². The van der Waals surface area contributed by atoms with Crippen LogP contribution in [0.4, 0.5) is 10.5 Å². The van der Waals surface area contributed by atoms with Crippen LogP contribution in [0.3, 0.4) is 0 Å². The Morgan fingerprint density at radius 2 is 1.84 bits per heavy atom. The zero-order chi connectivity index (χ0) is 26.9. The maximum atomic E-state index is 12.7. The predicted octanol–water partition coefficient (Wildman–Crippen LogP) is 5.76. The van der Waals surface area contributed by atoms with Gasteiger partial charge in [0.1, 0.15) is 5.60 Å². The number of anilines is 1. The Hall–Kier alpha value is -1.42. The Morgan fingerprint density at radius 3 is 2.50 bits per heavy atom. The van der Waals surface area contributed by atoms with Crippen molar-refractivity contribution in [2.75, 3.05) is 51.1 Å². The molecule has 0 bridgehead atoms. The van der Waals surface area contributed by atoms with Gasteiger partial charge in [-0.05, 0) is 83.0 Å². The molecule has 0 radical (unpaired) electrons. The van der Waals surface area contributed by atoms with Gasteiger partial charge in [0, 0.05) is 51.0 Å². The van der Waals surface area contributed by atoms with Crippen LogP contribution in [0.15, 0.2) is 18.2 Å². The number of carbonyl (C=O) groups is 1. The molecule has 1 aromatic heterocycles. The van der Waals surface area contributed by atoms with Crippen molar-refractivity contribution in [1.29, 1.82) is 0 Å². The quantitative estimate of drug-likeness (QED) is 0.471. The van der Waals surface area contributed by atoms with Crippen LogP contribution in [0.25, 0.3) is 0 Å². The summed E-state index contributed by atoms with van der Waals surface area (Å²) in [5, 5.41) is 16.3. The Morgan fingerprint density at radius 1 is 1.11 bits per heavy atom. The van der Waals surface area contributed by atoms with Crippen LogP contribution in [-0.2, 0) is 5.60 Å². The molecule has 3 aliphatic rings. The summed E-state index contributed by atoms with van der Waals surface area (Å²) in [6.07, 6.45) is 6.26. The highest BCUT2D eigenvalue weighted by Gasteiger charge is 2.40. The molecule has 2 aromatic rings. The largest absolute Gasteiger partial charge is 0.384 e. The van der Waals surface area contributed by atoms with Gasteiger partial charge in [-0.2, -0.15) is 0 Å². The van der Waals surface area contributed by atoms with Crippen molar-refractivity contribution in [3.63, 3.8) is 0 Å². The average molecular weight is 581 g/mol. The summed E-state index contributed by atoms with van der Waals surface area (Å²) in [6.45, 7) is 10.7. The van der Waals surface area contributed by atoms with E-state index in [1.165, 1.54) is 19.4 Å². The maximum absolute atomic E-state index is 12.7. The fourth-order valence-electron chi connectivity index (χ4n) is 6.49. The van der Waals surface area contributed by atoms with E-state index in [2.05, 4.69) is 20.1 Å². The lowest BCUT2D eigenvalue weighted by atomic mass is 9.79. The van der Waals surface area contributed by atoms with Crippen molar-refractivity contribution in [1.82, 2.24) is 19.7 Å². The number of amides is 2. The average Bonchev–Trinajstić information content (AvgIpc) is 3.26. The number of nitrogens with one attached hydrogen (secondary N) is 1. The van der Waals surface area contributed by atoms with E-state index in [1.54, 1.807) is 29.5 Å². The van der Waals surface area contributed by atoms with Crippen LogP contribution < -0.4 is 5.32 Å².